The molecule has 0 aromatic carbocycles. The van der Waals surface area contributed by atoms with Crippen molar-refractivity contribution in [3.63, 3.8) is 0 Å². The molecule has 0 unspecified atom stereocenters. The number of H-pyrrole nitrogens is 1. The fraction of sp³-hybridized carbons (Fsp3) is 0.111. The van der Waals surface area contributed by atoms with Crippen LogP contribution in [0.5, 0.6) is 0 Å². The maximum absolute atomic E-state index is 11.5. The molecule has 0 atom stereocenters. The summed E-state index contributed by atoms with van der Waals surface area (Å²) in [5.41, 5.74) is 1.38. The topological polar surface area (TPSA) is 70.9 Å². The maximum Gasteiger partial charge on any atom is 0.260 e. The summed E-state index contributed by atoms with van der Waals surface area (Å²) < 4.78 is 4.80. The van der Waals surface area contributed by atoms with Gasteiger partial charge in [0.25, 0.3) is 5.91 Å². The maximum atomic E-state index is 11.5. The number of amides is 1. The number of carbonyl (C=O) groups excluding carboxylic acids is 1. The molecule has 2 N–H and O–H groups in total. The minimum atomic E-state index is -0.217. The summed E-state index contributed by atoms with van der Waals surface area (Å²) in [5, 5.41) is 9.15. The molecule has 0 saturated heterocycles. The van der Waals surface area contributed by atoms with Gasteiger partial charge in [-0.1, -0.05) is 0 Å². The van der Waals surface area contributed by atoms with Crippen LogP contribution in [0.1, 0.15) is 15.9 Å². The summed E-state index contributed by atoms with van der Waals surface area (Å²) in [4.78, 5) is 11.5. The van der Waals surface area contributed by atoms with Gasteiger partial charge in [0.1, 0.15) is 12.1 Å². The Labute approximate surface area is 80.1 Å². The molecule has 0 radical (unpaired) electrons. The van der Waals surface area contributed by atoms with Crippen molar-refractivity contribution in [2.45, 2.75) is 6.92 Å². The molecule has 1 amide bonds. The van der Waals surface area contributed by atoms with Crippen molar-refractivity contribution in [2.24, 2.45) is 0 Å². The number of hydrogen-bond donors (Lipinski definition) is 2. The molecule has 0 aliphatic carbocycles. The SMILES string of the molecule is Cc1cn[nH]c1NC(=O)c1ccoc1. The molecule has 0 spiro atoms. The zero-order chi connectivity index (χ0) is 9.97. The number of hydrogen-bond acceptors (Lipinski definition) is 3. The van der Waals surface area contributed by atoms with E-state index < -0.39 is 0 Å². The van der Waals surface area contributed by atoms with Crippen LogP contribution in [0.2, 0.25) is 0 Å². The van der Waals surface area contributed by atoms with Gasteiger partial charge in [-0.2, -0.15) is 5.10 Å². The highest BCUT2D eigenvalue weighted by atomic mass is 16.3. The van der Waals surface area contributed by atoms with E-state index in [0.717, 1.165) is 5.56 Å². The summed E-state index contributed by atoms with van der Waals surface area (Å²) in [6, 6.07) is 1.60. The number of aromatic nitrogens is 2. The van der Waals surface area contributed by atoms with E-state index in [0.29, 0.717) is 11.4 Å². The van der Waals surface area contributed by atoms with Crippen LogP contribution in [-0.2, 0) is 0 Å². The molecule has 14 heavy (non-hydrogen) atoms. The lowest BCUT2D eigenvalue weighted by Gasteiger charge is -2.00. The molecule has 0 bridgehead atoms. The van der Waals surface area contributed by atoms with Gasteiger partial charge in [0.2, 0.25) is 0 Å². The van der Waals surface area contributed by atoms with E-state index in [2.05, 4.69) is 15.5 Å². The van der Waals surface area contributed by atoms with E-state index in [9.17, 15) is 4.79 Å². The predicted molar refractivity (Wildman–Crippen MR) is 50.0 cm³/mol. The molecule has 2 aromatic heterocycles. The van der Waals surface area contributed by atoms with Gasteiger partial charge in [0.05, 0.1) is 18.0 Å². The number of nitrogens with zero attached hydrogens (tertiary/aromatic N) is 1. The number of anilines is 1. The van der Waals surface area contributed by atoms with Gasteiger partial charge in [-0.15, -0.1) is 0 Å². The van der Waals surface area contributed by atoms with Crippen LogP contribution in [0.25, 0.3) is 0 Å². The van der Waals surface area contributed by atoms with Gasteiger partial charge in [0, 0.05) is 5.56 Å². The highest BCUT2D eigenvalue weighted by molar-refractivity contribution is 6.03. The molecule has 72 valence electrons. The second-order valence-corrected chi connectivity index (χ2v) is 2.89. The minimum absolute atomic E-state index is 0.217. The Bertz CT molecular complexity index is 431. The van der Waals surface area contributed by atoms with E-state index in [-0.39, 0.29) is 5.91 Å². The number of furan rings is 1. The molecule has 2 heterocycles. The first-order valence-electron chi connectivity index (χ1n) is 4.11. The monoisotopic (exact) mass is 191 g/mol. The van der Waals surface area contributed by atoms with Crippen LogP contribution < -0.4 is 5.32 Å². The second-order valence-electron chi connectivity index (χ2n) is 2.89. The molecule has 0 aliphatic rings. The number of aromatic amines is 1. The second kappa shape index (κ2) is 3.37. The molecule has 5 heteroatoms. The Kier molecular flexibility index (Phi) is 2.06. The highest BCUT2D eigenvalue weighted by Gasteiger charge is 2.09. The lowest BCUT2D eigenvalue weighted by atomic mass is 10.3. The Morgan fingerprint density at radius 1 is 1.64 bits per heavy atom. The van der Waals surface area contributed by atoms with Crippen molar-refractivity contribution >= 4 is 11.7 Å². The van der Waals surface area contributed by atoms with E-state index in [4.69, 9.17) is 4.42 Å². The Morgan fingerprint density at radius 3 is 3.07 bits per heavy atom. The van der Waals surface area contributed by atoms with Crippen LogP contribution >= 0.6 is 0 Å². The number of nitrogens with one attached hydrogen (secondary N) is 2. The summed E-state index contributed by atoms with van der Waals surface area (Å²) >= 11 is 0. The molecular weight excluding hydrogens is 182 g/mol. The minimum Gasteiger partial charge on any atom is -0.472 e. The van der Waals surface area contributed by atoms with E-state index >= 15 is 0 Å². The van der Waals surface area contributed by atoms with Crippen LogP contribution in [0.3, 0.4) is 0 Å². The van der Waals surface area contributed by atoms with E-state index in [1.54, 1.807) is 12.3 Å². The Balaban J connectivity index is 2.13. The number of rotatable bonds is 2. The fourth-order valence-corrected chi connectivity index (χ4v) is 1.05. The Morgan fingerprint density at radius 2 is 2.50 bits per heavy atom. The molecule has 0 aliphatic heterocycles. The van der Waals surface area contributed by atoms with Crippen molar-refractivity contribution in [3.8, 4) is 0 Å². The molecular formula is C9H9N3O2. The van der Waals surface area contributed by atoms with Crippen molar-refractivity contribution in [3.05, 3.63) is 35.9 Å². The van der Waals surface area contributed by atoms with Crippen LogP contribution in [0, 0.1) is 6.92 Å². The van der Waals surface area contributed by atoms with Gasteiger partial charge in [-0.3, -0.25) is 9.89 Å². The van der Waals surface area contributed by atoms with E-state index in [1.165, 1.54) is 12.5 Å². The van der Waals surface area contributed by atoms with E-state index in [1.807, 2.05) is 6.92 Å². The summed E-state index contributed by atoms with van der Waals surface area (Å²) in [6.45, 7) is 1.86. The van der Waals surface area contributed by atoms with Crippen molar-refractivity contribution in [2.75, 3.05) is 5.32 Å². The number of aryl methyl sites for hydroxylation is 1. The molecule has 0 fully saturated rings. The summed E-state index contributed by atoms with van der Waals surface area (Å²) in [6.07, 6.45) is 4.49. The molecule has 0 saturated carbocycles. The van der Waals surface area contributed by atoms with Gasteiger partial charge >= 0.3 is 0 Å². The lowest BCUT2D eigenvalue weighted by Crippen LogP contribution is -2.11. The molecule has 5 nitrogen and oxygen atoms in total. The zero-order valence-corrected chi connectivity index (χ0v) is 7.57. The average Bonchev–Trinajstić information content (AvgIpc) is 2.77. The van der Waals surface area contributed by atoms with Crippen LogP contribution in [-0.4, -0.2) is 16.1 Å². The molecule has 2 rings (SSSR count). The Hall–Kier alpha value is -2.04. The van der Waals surface area contributed by atoms with Crippen molar-refractivity contribution in [1.82, 2.24) is 10.2 Å². The third-order valence-electron chi connectivity index (χ3n) is 1.85. The lowest BCUT2D eigenvalue weighted by molar-refractivity contribution is 0.102. The standard InChI is InChI=1S/C9H9N3O2/c1-6-4-10-12-8(6)11-9(13)7-2-3-14-5-7/h2-5H,1H3,(H2,10,11,12,13). The predicted octanol–water partition coefficient (Wildman–Crippen LogP) is 1.56. The van der Waals surface area contributed by atoms with Gasteiger partial charge < -0.3 is 9.73 Å². The third kappa shape index (κ3) is 1.52. The quantitative estimate of drug-likeness (QED) is 0.756. The van der Waals surface area contributed by atoms with Crippen molar-refractivity contribution < 1.29 is 9.21 Å². The normalized spacial score (nSPS) is 10.1. The highest BCUT2D eigenvalue weighted by Crippen LogP contribution is 2.10. The first-order valence-corrected chi connectivity index (χ1v) is 4.11. The fourth-order valence-electron chi connectivity index (χ4n) is 1.05. The molecule has 2 aromatic rings. The van der Waals surface area contributed by atoms with Gasteiger partial charge in [-0.25, -0.2) is 0 Å². The first-order chi connectivity index (χ1) is 6.77. The van der Waals surface area contributed by atoms with Crippen LogP contribution in [0.4, 0.5) is 5.82 Å². The third-order valence-corrected chi connectivity index (χ3v) is 1.85. The average molecular weight is 191 g/mol. The van der Waals surface area contributed by atoms with Gasteiger partial charge in [0.15, 0.2) is 0 Å². The largest absolute Gasteiger partial charge is 0.472 e. The van der Waals surface area contributed by atoms with Crippen LogP contribution in [0.15, 0.2) is 29.2 Å². The summed E-state index contributed by atoms with van der Waals surface area (Å²) in [7, 11) is 0. The number of carbonyl (C=O) groups is 1. The first kappa shape index (κ1) is 8.55. The van der Waals surface area contributed by atoms with Crippen molar-refractivity contribution in [1.29, 1.82) is 0 Å². The summed E-state index contributed by atoms with van der Waals surface area (Å²) in [5.74, 6) is 0.391. The van der Waals surface area contributed by atoms with Gasteiger partial charge in [-0.05, 0) is 13.0 Å². The zero-order valence-electron chi connectivity index (χ0n) is 7.57. The smallest absolute Gasteiger partial charge is 0.260 e.